The van der Waals surface area contributed by atoms with Crippen molar-refractivity contribution in [2.24, 2.45) is 0 Å². The van der Waals surface area contributed by atoms with Gasteiger partial charge in [-0.1, -0.05) is 0 Å². The topological polar surface area (TPSA) is 48.4 Å². The van der Waals surface area contributed by atoms with Gasteiger partial charge in [0.1, 0.15) is 11.4 Å². The monoisotopic (exact) mass is 271 g/mol. The predicted molar refractivity (Wildman–Crippen MR) is 47.8 cm³/mol. The number of aldehydes is 1. The molecule has 0 atom stereocenters. The molecule has 0 bridgehead atoms. The Bertz CT molecular complexity index is 447. The summed E-state index contributed by atoms with van der Waals surface area (Å²) in [5.41, 5.74) is -2.10. The number of aromatic nitrogens is 1. The van der Waals surface area contributed by atoms with E-state index < -0.39 is 35.7 Å². The molecular formula is C9H6F5NO3. The van der Waals surface area contributed by atoms with E-state index >= 15 is 0 Å². The lowest BCUT2D eigenvalue weighted by Gasteiger charge is -2.14. The molecule has 0 amide bonds. The molecule has 0 saturated carbocycles. The average Bonchev–Trinajstić information content (AvgIpc) is 2.25. The van der Waals surface area contributed by atoms with E-state index in [0.29, 0.717) is 6.07 Å². The van der Waals surface area contributed by atoms with Crippen LogP contribution in [0.2, 0.25) is 0 Å². The van der Waals surface area contributed by atoms with Crippen molar-refractivity contribution in [3.8, 4) is 11.6 Å². The highest BCUT2D eigenvalue weighted by atomic mass is 19.4. The lowest BCUT2D eigenvalue weighted by molar-refractivity contribution is -0.275. The Kier molecular flexibility index (Phi) is 4.04. The number of rotatable bonds is 4. The molecule has 1 rings (SSSR count). The van der Waals surface area contributed by atoms with Crippen molar-refractivity contribution >= 4 is 6.29 Å². The van der Waals surface area contributed by atoms with E-state index in [9.17, 15) is 26.7 Å². The largest absolute Gasteiger partial charge is 0.573 e. The van der Waals surface area contributed by atoms with E-state index in [4.69, 9.17) is 0 Å². The highest BCUT2D eigenvalue weighted by Gasteiger charge is 2.35. The number of nitrogens with zero attached hydrogens (tertiary/aromatic N) is 1. The molecule has 100 valence electrons. The quantitative estimate of drug-likeness (QED) is 0.624. The summed E-state index contributed by atoms with van der Waals surface area (Å²) in [4.78, 5) is 13.8. The Morgan fingerprint density at radius 2 is 2.00 bits per heavy atom. The van der Waals surface area contributed by atoms with E-state index in [2.05, 4.69) is 14.5 Å². The molecule has 0 fully saturated rings. The van der Waals surface area contributed by atoms with Gasteiger partial charge in [-0.05, 0) is 0 Å². The minimum absolute atomic E-state index is 0.104. The second-order valence-electron chi connectivity index (χ2n) is 2.93. The van der Waals surface area contributed by atoms with Crippen molar-refractivity contribution in [1.82, 2.24) is 4.98 Å². The number of alkyl halides is 5. The van der Waals surface area contributed by atoms with E-state index in [1.165, 1.54) is 0 Å². The molecule has 0 aromatic carbocycles. The molecule has 0 saturated heterocycles. The zero-order valence-electron chi connectivity index (χ0n) is 8.79. The van der Waals surface area contributed by atoms with Crippen LogP contribution in [0.5, 0.6) is 11.6 Å². The molecule has 0 aliphatic heterocycles. The van der Waals surface area contributed by atoms with Gasteiger partial charge in [-0.15, -0.1) is 13.2 Å². The number of halogens is 5. The third-order valence-corrected chi connectivity index (χ3v) is 1.79. The molecule has 18 heavy (non-hydrogen) atoms. The van der Waals surface area contributed by atoms with Gasteiger partial charge in [0.05, 0.1) is 12.7 Å². The minimum atomic E-state index is -5.17. The van der Waals surface area contributed by atoms with Crippen LogP contribution in [0, 0.1) is 0 Å². The minimum Gasteiger partial charge on any atom is -0.481 e. The van der Waals surface area contributed by atoms with Gasteiger partial charge < -0.3 is 9.47 Å². The molecule has 1 heterocycles. The summed E-state index contributed by atoms with van der Waals surface area (Å²) in [7, 11) is 1.05. The van der Waals surface area contributed by atoms with Gasteiger partial charge in [0.2, 0.25) is 5.88 Å². The molecule has 1 aromatic heterocycles. The van der Waals surface area contributed by atoms with Crippen LogP contribution in [0.15, 0.2) is 6.07 Å². The van der Waals surface area contributed by atoms with E-state index in [1.807, 2.05) is 0 Å². The number of hydrogen-bond donors (Lipinski definition) is 0. The van der Waals surface area contributed by atoms with Crippen LogP contribution in [0.3, 0.4) is 0 Å². The van der Waals surface area contributed by atoms with E-state index in [0.717, 1.165) is 7.11 Å². The first-order valence-corrected chi connectivity index (χ1v) is 4.36. The second kappa shape index (κ2) is 5.15. The molecule has 0 unspecified atom stereocenters. The molecule has 4 nitrogen and oxygen atoms in total. The Morgan fingerprint density at radius 1 is 1.39 bits per heavy atom. The van der Waals surface area contributed by atoms with Crippen molar-refractivity contribution < 1.29 is 36.2 Å². The lowest BCUT2D eigenvalue weighted by atomic mass is 10.2. The smallest absolute Gasteiger partial charge is 0.481 e. The summed E-state index contributed by atoms with van der Waals surface area (Å²) >= 11 is 0. The van der Waals surface area contributed by atoms with Gasteiger partial charge in [0, 0.05) is 6.07 Å². The first-order valence-electron chi connectivity index (χ1n) is 4.36. The maximum absolute atomic E-state index is 12.6. The fraction of sp³-hybridized carbons (Fsp3) is 0.333. The lowest BCUT2D eigenvalue weighted by Crippen LogP contribution is -2.19. The first kappa shape index (κ1) is 14.1. The maximum atomic E-state index is 12.6. The normalized spacial score (nSPS) is 11.5. The first-order chi connectivity index (χ1) is 8.28. The van der Waals surface area contributed by atoms with E-state index in [1.54, 1.807) is 0 Å². The molecule has 0 aliphatic rings. The van der Waals surface area contributed by atoms with Gasteiger partial charge in [0.15, 0.2) is 6.29 Å². The molecule has 0 spiro atoms. The Labute approximate surface area is 97.3 Å². The van der Waals surface area contributed by atoms with Gasteiger partial charge in [0.25, 0.3) is 6.43 Å². The molecular weight excluding hydrogens is 265 g/mol. The maximum Gasteiger partial charge on any atom is 0.573 e. The van der Waals surface area contributed by atoms with Crippen LogP contribution in [-0.2, 0) is 0 Å². The number of carbonyl (C=O) groups excluding carboxylic acids is 1. The average molecular weight is 271 g/mol. The van der Waals surface area contributed by atoms with Crippen molar-refractivity contribution in [2.45, 2.75) is 12.8 Å². The number of carbonyl (C=O) groups is 1. The van der Waals surface area contributed by atoms with Gasteiger partial charge >= 0.3 is 6.36 Å². The Balaban J connectivity index is 3.39. The van der Waals surface area contributed by atoms with Gasteiger partial charge in [-0.2, -0.15) is 0 Å². The van der Waals surface area contributed by atoms with Crippen molar-refractivity contribution in [1.29, 1.82) is 0 Å². The van der Waals surface area contributed by atoms with Crippen LogP contribution in [0.1, 0.15) is 22.5 Å². The third-order valence-electron chi connectivity index (χ3n) is 1.79. The summed E-state index contributed by atoms with van der Waals surface area (Å²) in [5.74, 6) is -1.66. The molecule has 0 N–H and O–H groups in total. The highest BCUT2D eigenvalue weighted by Crippen LogP contribution is 2.36. The molecule has 0 aliphatic carbocycles. The number of ether oxygens (including phenoxy) is 2. The molecule has 1 aromatic rings. The van der Waals surface area contributed by atoms with Crippen LogP contribution >= 0.6 is 0 Å². The molecule has 0 radical (unpaired) electrons. The summed E-state index contributed by atoms with van der Waals surface area (Å²) < 4.78 is 69.2. The summed E-state index contributed by atoms with van der Waals surface area (Å²) in [5, 5.41) is 0. The Morgan fingerprint density at radius 3 is 2.39 bits per heavy atom. The standard InChI is InChI=1S/C9H6F5NO3/c1-17-6-2-5(18-9(12,13)14)7(8(10)11)4(3-16)15-6/h2-3,8H,1H3. The zero-order valence-corrected chi connectivity index (χ0v) is 8.79. The SMILES string of the molecule is COc1cc(OC(F)(F)F)c(C(F)F)c(C=O)n1. The zero-order chi connectivity index (χ0) is 13.9. The predicted octanol–water partition coefficient (Wildman–Crippen LogP) is 2.74. The number of pyridine rings is 1. The van der Waals surface area contributed by atoms with Crippen molar-refractivity contribution in [2.75, 3.05) is 7.11 Å². The third kappa shape index (κ3) is 3.28. The fourth-order valence-electron chi connectivity index (χ4n) is 1.15. The number of methoxy groups -OCH3 is 1. The van der Waals surface area contributed by atoms with Crippen LogP contribution in [-0.4, -0.2) is 24.7 Å². The van der Waals surface area contributed by atoms with Gasteiger partial charge in [-0.25, -0.2) is 13.8 Å². The summed E-state index contributed by atoms with van der Waals surface area (Å²) in [6.07, 6.45) is -8.62. The van der Waals surface area contributed by atoms with Crippen molar-refractivity contribution in [3.63, 3.8) is 0 Å². The van der Waals surface area contributed by atoms with Crippen LogP contribution < -0.4 is 9.47 Å². The summed E-state index contributed by atoms with van der Waals surface area (Å²) in [6, 6.07) is 0.530. The van der Waals surface area contributed by atoms with Gasteiger partial charge in [-0.3, -0.25) is 4.79 Å². The Hall–Kier alpha value is -1.93. The highest BCUT2D eigenvalue weighted by molar-refractivity contribution is 5.76. The molecule has 9 heteroatoms. The van der Waals surface area contributed by atoms with Crippen molar-refractivity contribution in [3.05, 3.63) is 17.3 Å². The summed E-state index contributed by atoms with van der Waals surface area (Å²) in [6.45, 7) is 0. The fourth-order valence-corrected chi connectivity index (χ4v) is 1.15. The number of hydrogen-bond acceptors (Lipinski definition) is 4. The second-order valence-corrected chi connectivity index (χ2v) is 2.93. The van der Waals surface area contributed by atoms with E-state index in [-0.39, 0.29) is 6.29 Å². The van der Waals surface area contributed by atoms with Crippen LogP contribution in [0.4, 0.5) is 22.0 Å². The van der Waals surface area contributed by atoms with Crippen LogP contribution in [0.25, 0.3) is 0 Å².